The van der Waals surface area contributed by atoms with Crippen LogP contribution in [0, 0.1) is 12.7 Å². The molecule has 25 heavy (non-hydrogen) atoms. The summed E-state index contributed by atoms with van der Waals surface area (Å²) in [5.41, 5.74) is 5.63. The van der Waals surface area contributed by atoms with Crippen molar-refractivity contribution >= 4 is 38.7 Å². The van der Waals surface area contributed by atoms with Crippen molar-refractivity contribution in [3.8, 4) is 0 Å². The highest BCUT2D eigenvalue weighted by Crippen LogP contribution is 2.36. The third-order valence-corrected chi connectivity index (χ3v) is 4.79. The molecule has 0 aliphatic carbocycles. The van der Waals surface area contributed by atoms with Gasteiger partial charge in [0.05, 0.1) is 11.3 Å². The molecule has 0 atom stereocenters. The SMILES string of the molecule is Cc1ccc2c(N)c(C(=O)Nc3ccc(F)c(C(F)(F)F)c3)sc2c1. The summed E-state index contributed by atoms with van der Waals surface area (Å²) >= 11 is 1.14. The van der Waals surface area contributed by atoms with Crippen LogP contribution in [0.4, 0.5) is 28.9 Å². The number of anilines is 2. The molecule has 0 spiro atoms. The number of aryl methyl sites for hydroxylation is 1. The number of amides is 1. The average Bonchev–Trinajstić information content (AvgIpc) is 2.84. The molecule has 3 aromatic rings. The van der Waals surface area contributed by atoms with Crippen LogP contribution in [-0.2, 0) is 6.18 Å². The van der Waals surface area contributed by atoms with Gasteiger partial charge in [0.2, 0.25) is 0 Å². The number of hydrogen-bond acceptors (Lipinski definition) is 3. The van der Waals surface area contributed by atoms with Crippen LogP contribution in [0.5, 0.6) is 0 Å². The summed E-state index contributed by atoms with van der Waals surface area (Å²) in [4.78, 5) is 12.6. The van der Waals surface area contributed by atoms with Gasteiger partial charge < -0.3 is 11.1 Å². The maximum absolute atomic E-state index is 13.3. The number of thiophene rings is 1. The van der Waals surface area contributed by atoms with E-state index in [1.54, 1.807) is 6.07 Å². The zero-order valence-electron chi connectivity index (χ0n) is 12.9. The normalized spacial score (nSPS) is 11.7. The summed E-state index contributed by atoms with van der Waals surface area (Å²) in [6.07, 6.45) is -4.85. The molecule has 0 radical (unpaired) electrons. The molecule has 1 heterocycles. The van der Waals surface area contributed by atoms with Gasteiger partial charge in [-0.3, -0.25) is 4.79 Å². The second-order valence-corrected chi connectivity index (χ2v) is 6.54. The van der Waals surface area contributed by atoms with E-state index in [1.165, 1.54) is 0 Å². The number of fused-ring (bicyclic) bond motifs is 1. The van der Waals surface area contributed by atoms with E-state index in [-0.39, 0.29) is 16.3 Å². The maximum atomic E-state index is 13.3. The smallest absolute Gasteiger partial charge is 0.397 e. The lowest BCUT2D eigenvalue weighted by Crippen LogP contribution is -2.14. The molecular formula is C17H12F4N2OS. The van der Waals surface area contributed by atoms with Gasteiger partial charge in [-0.1, -0.05) is 12.1 Å². The van der Waals surface area contributed by atoms with Crippen LogP contribution in [-0.4, -0.2) is 5.91 Å². The van der Waals surface area contributed by atoms with Crippen LogP contribution >= 0.6 is 11.3 Å². The van der Waals surface area contributed by atoms with Gasteiger partial charge in [-0.05, 0) is 36.8 Å². The first kappa shape index (κ1) is 17.2. The van der Waals surface area contributed by atoms with Gasteiger partial charge in [0.25, 0.3) is 5.91 Å². The van der Waals surface area contributed by atoms with Gasteiger partial charge >= 0.3 is 6.18 Å². The van der Waals surface area contributed by atoms with Crippen molar-refractivity contribution in [3.63, 3.8) is 0 Å². The van der Waals surface area contributed by atoms with Crippen molar-refractivity contribution in [1.29, 1.82) is 0 Å². The molecule has 1 amide bonds. The average molecular weight is 368 g/mol. The Morgan fingerprint density at radius 3 is 2.56 bits per heavy atom. The zero-order chi connectivity index (χ0) is 18.4. The fraction of sp³-hybridized carbons (Fsp3) is 0.118. The minimum absolute atomic E-state index is 0.160. The minimum atomic E-state index is -4.85. The quantitative estimate of drug-likeness (QED) is 0.611. The number of carbonyl (C=O) groups excluding carboxylic acids is 1. The number of benzene rings is 2. The van der Waals surface area contributed by atoms with Gasteiger partial charge in [0.15, 0.2) is 0 Å². The molecule has 1 aromatic heterocycles. The van der Waals surface area contributed by atoms with Crippen molar-refractivity contribution in [2.75, 3.05) is 11.1 Å². The van der Waals surface area contributed by atoms with Crippen molar-refractivity contribution < 1.29 is 22.4 Å². The van der Waals surface area contributed by atoms with Crippen LogP contribution in [0.15, 0.2) is 36.4 Å². The lowest BCUT2D eigenvalue weighted by molar-refractivity contribution is -0.139. The molecule has 0 fully saturated rings. The van der Waals surface area contributed by atoms with Crippen molar-refractivity contribution in [2.24, 2.45) is 0 Å². The number of nitrogens with one attached hydrogen (secondary N) is 1. The van der Waals surface area contributed by atoms with Crippen molar-refractivity contribution in [1.82, 2.24) is 0 Å². The number of hydrogen-bond donors (Lipinski definition) is 2. The summed E-state index contributed by atoms with van der Waals surface area (Å²) in [6, 6.07) is 7.79. The Morgan fingerprint density at radius 1 is 1.16 bits per heavy atom. The lowest BCUT2D eigenvalue weighted by Gasteiger charge is -2.10. The van der Waals surface area contributed by atoms with Crippen LogP contribution in [0.25, 0.3) is 10.1 Å². The van der Waals surface area contributed by atoms with Crippen LogP contribution in [0.3, 0.4) is 0 Å². The Morgan fingerprint density at radius 2 is 1.88 bits per heavy atom. The van der Waals surface area contributed by atoms with E-state index >= 15 is 0 Å². The molecular weight excluding hydrogens is 356 g/mol. The van der Waals surface area contributed by atoms with E-state index in [2.05, 4.69) is 5.32 Å². The summed E-state index contributed by atoms with van der Waals surface area (Å²) < 4.78 is 52.4. The standard InChI is InChI=1S/C17H12F4N2OS/c1-8-2-4-10-13(6-8)25-15(14(10)22)16(24)23-9-3-5-12(18)11(7-9)17(19,20)21/h2-7H,22H2,1H3,(H,23,24). The second-order valence-electron chi connectivity index (χ2n) is 5.49. The highest BCUT2D eigenvalue weighted by Gasteiger charge is 2.34. The predicted octanol–water partition coefficient (Wildman–Crippen LogP) is 5.20. The molecule has 8 heteroatoms. The van der Waals surface area contributed by atoms with Crippen LogP contribution < -0.4 is 11.1 Å². The van der Waals surface area contributed by atoms with E-state index in [4.69, 9.17) is 5.73 Å². The number of halogens is 4. The largest absolute Gasteiger partial charge is 0.419 e. The number of carbonyl (C=O) groups is 1. The second kappa shape index (κ2) is 6.03. The van der Waals surface area contributed by atoms with Gasteiger partial charge in [-0.15, -0.1) is 11.3 Å². The Hall–Kier alpha value is -2.61. The van der Waals surface area contributed by atoms with E-state index in [0.717, 1.165) is 27.7 Å². The lowest BCUT2D eigenvalue weighted by atomic mass is 10.1. The third-order valence-electron chi connectivity index (χ3n) is 3.62. The first-order chi connectivity index (χ1) is 11.7. The molecule has 2 aromatic carbocycles. The first-order valence-corrected chi connectivity index (χ1v) is 7.95. The topological polar surface area (TPSA) is 55.1 Å². The Kier molecular flexibility index (Phi) is 4.16. The van der Waals surface area contributed by atoms with E-state index in [9.17, 15) is 22.4 Å². The molecule has 3 N–H and O–H groups in total. The molecule has 0 saturated heterocycles. The molecule has 0 aliphatic heterocycles. The van der Waals surface area contributed by atoms with Crippen molar-refractivity contribution in [2.45, 2.75) is 13.1 Å². The van der Waals surface area contributed by atoms with Gasteiger partial charge in [0.1, 0.15) is 10.7 Å². The van der Waals surface area contributed by atoms with Gasteiger partial charge in [-0.2, -0.15) is 13.2 Å². The third kappa shape index (κ3) is 3.30. The van der Waals surface area contributed by atoms with Gasteiger partial charge in [0, 0.05) is 15.8 Å². The van der Waals surface area contributed by atoms with Crippen LogP contribution in [0.2, 0.25) is 0 Å². The molecule has 0 saturated carbocycles. The Labute approximate surface area is 144 Å². The summed E-state index contributed by atoms with van der Waals surface area (Å²) in [6.45, 7) is 1.90. The van der Waals surface area contributed by atoms with Crippen molar-refractivity contribution in [3.05, 3.63) is 58.2 Å². The Bertz CT molecular complexity index is 979. The predicted molar refractivity (Wildman–Crippen MR) is 90.3 cm³/mol. The highest BCUT2D eigenvalue weighted by molar-refractivity contribution is 7.21. The number of alkyl halides is 3. The summed E-state index contributed by atoms with van der Waals surface area (Å²) in [5.74, 6) is -2.04. The molecule has 3 nitrogen and oxygen atoms in total. The number of nitrogens with two attached hydrogens (primary N) is 1. The molecule has 3 rings (SSSR count). The fourth-order valence-corrected chi connectivity index (χ4v) is 3.52. The molecule has 0 unspecified atom stereocenters. The van der Waals surface area contributed by atoms with E-state index in [0.29, 0.717) is 17.5 Å². The molecule has 0 bridgehead atoms. The first-order valence-electron chi connectivity index (χ1n) is 7.13. The fourth-order valence-electron chi connectivity index (χ4n) is 2.40. The Balaban J connectivity index is 1.94. The summed E-state index contributed by atoms with van der Waals surface area (Å²) in [7, 11) is 0. The summed E-state index contributed by atoms with van der Waals surface area (Å²) in [5, 5.41) is 3.04. The monoisotopic (exact) mass is 368 g/mol. The number of nitrogen functional groups attached to an aromatic ring is 1. The van der Waals surface area contributed by atoms with E-state index in [1.807, 2.05) is 19.1 Å². The maximum Gasteiger partial charge on any atom is 0.419 e. The van der Waals surface area contributed by atoms with E-state index < -0.39 is 23.5 Å². The molecule has 130 valence electrons. The van der Waals surface area contributed by atoms with Crippen LogP contribution in [0.1, 0.15) is 20.8 Å². The molecule has 0 aliphatic rings. The minimum Gasteiger partial charge on any atom is -0.397 e. The highest BCUT2D eigenvalue weighted by atomic mass is 32.1. The number of rotatable bonds is 2. The van der Waals surface area contributed by atoms with Gasteiger partial charge in [-0.25, -0.2) is 4.39 Å². The zero-order valence-corrected chi connectivity index (χ0v) is 13.7.